The Hall–Kier alpha value is 0.310. The summed E-state index contributed by atoms with van der Waals surface area (Å²) in [6.45, 7) is 1.35. The summed E-state index contributed by atoms with van der Waals surface area (Å²) in [4.78, 5) is 0. The van der Waals surface area contributed by atoms with Crippen LogP contribution in [0.3, 0.4) is 0 Å². The maximum atomic E-state index is 3.92. The molecule has 4 saturated carbocycles. The highest BCUT2D eigenvalue weighted by Crippen LogP contribution is 2.59. The second kappa shape index (κ2) is 4.16. The van der Waals surface area contributed by atoms with Crippen molar-refractivity contribution in [3.8, 4) is 0 Å². The van der Waals surface area contributed by atoms with Crippen molar-refractivity contribution in [2.45, 2.75) is 51.0 Å². The van der Waals surface area contributed by atoms with E-state index in [1.165, 1.54) is 24.5 Å². The summed E-state index contributed by atoms with van der Waals surface area (Å²) in [5, 5.41) is 3.92. The van der Waals surface area contributed by atoms with Gasteiger partial charge in [-0.25, -0.2) is 0 Å². The van der Waals surface area contributed by atoms with Gasteiger partial charge in [-0.1, -0.05) is 0 Å². The molecule has 0 amide bonds. The number of hydrogen-bond donors (Lipinski definition) is 1. The van der Waals surface area contributed by atoms with Crippen LogP contribution in [0.2, 0.25) is 0 Å². The van der Waals surface area contributed by atoms with E-state index in [-0.39, 0.29) is 0 Å². The number of nitrogens with one attached hydrogen (secondary N) is 1. The average molecular weight is 251 g/mol. The van der Waals surface area contributed by atoms with Crippen LogP contribution in [0.25, 0.3) is 0 Å². The van der Waals surface area contributed by atoms with E-state index < -0.39 is 0 Å². The van der Waals surface area contributed by atoms with Gasteiger partial charge < -0.3 is 5.32 Å². The van der Waals surface area contributed by atoms with Crippen molar-refractivity contribution in [2.24, 2.45) is 23.2 Å². The van der Waals surface area contributed by atoms with Gasteiger partial charge in [0.25, 0.3) is 0 Å². The molecule has 1 nitrogen and oxygen atoms in total. The van der Waals surface area contributed by atoms with Crippen LogP contribution >= 0.6 is 11.8 Å². The van der Waals surface area contributed by atoms with E-state index in [0.717, 1.165) is 29.2 Å². The largest absolute Gasteiger partial charge is 0.313 e. The number of hydrogen-bond acceptors (Lipinski definition) is 2. The summed E-state index contributed by atoms with van der Waals surface area (Å²) in [5.41, 5.74) is 0.738. The number of rotatable bonds is 3. The Kier molecular flexibility index (Phi) is 2.73. The molecule has 0 aromatic heterocycles. The SMILES string of the molecule is C1CC(NCC23CC4CC(CC(C4)C2)C3)CS1. The van der Waals surface area contributed by atoms with Crippen molar-refractivity contribution in [1.29, 1.82) is 0 Å². The van der Waals surface area contributed by atoms with Crippen molar-refractivity contribution in [1.82, 2.24) is 5.32 Å². The zero-order valence-electron chi connectivity index (χ0n) is 10.8. The lowest BCUT2D eigenvalue weighted by Gasteiger charge is -2.57. The summed E-state index contributed by atoms with van der Waals surface area (Å²) in [6.07, 6.45) is 10.8. The smallest absolute Gasteiger partial charge is 0.0166 e. The molecule has 1 aliphatic heterocycles. The van der Waals surface area contributed by atoms with Gasteiger partial charge in [0, 0.05) is 18.3 Å². The Labute approximate surface area is 109 Å². The van der Waals surface area contributed by atoms with E-state index in [9.17, 15) is 0 Å². The molecule has 1 saturated heterocycles. The van der Waals surface area contributed by atoms with Crippen LogP contribution in [0.4, 0.5) is 0 Å². The Morgan fingerprint density at radius 3 is 2.18 bits per heavy atom. The molecule has 5 rings (SSSR count). The van der Waals surface area contributed by atoms with Gasteiger partial charge in [0.05, 0.1) is 0 Å². The van der Waals surface area contributed by atoms with Crippen LogP contribution in [0.5, 0.6) is 0 Å². The summed E-state index contributed by atoms with van der Waals surface area (Å²) in [6, 6.07) is 0.841. The van der Waals surface area contributed by atoms with Crippen LogP contribution in [0.1, 0.15) is 44.9 Å². The highest BCUT2D eigenvalue weighted by molar-refractivity contribution is 7.99. The second-order valence-electron chi connectivity index (χ2n) is 7.36. The van der Waals surface area contributed by atoms with Gasteiger partial charge in [-0.15, -0.1) is 0 Å². The van der Waals surface area contributed by atoms with Crippen LogP contribution in [0.15, 0.2) is 0 Å². The van der Waals surface area contributed by atoms with Crippen LogP contribution in [-0.4, -0.2) is 24.1 Å². The Morgan fingerprint density at radius 1 is 1.00 bits per heavy atom. The normalized spacial score (nSPS) is 52.2. The fraction of sp³-hybridized carbons (Fsp3) is 1.00. The lowest BCUT2D eigenvalue weighted by molar-refractivity contribution is -0.0521. The van der Waals surface area contributed by atoms with Crippen molar-refractivity contribution < 1.29 is 0 Å². The Bertz CT molecular complexity index is 260. The summed E-state index contributed by atoms with van der Waals surface area (Å²) < 4.78 is 0. The van der Waals surface area contributed by atoms with Crippen molar-refractivity contribution in [3.63, 3.8) is 0 Å². The van der Waals surface area contributed by atoms with Crippen molar-refractivity contribution in [2.75, 3.05) is 18.1 Å². The van der Waals surface area contributed by atoms with Gasteiger partial charge in [0.2, 0.25) is 0 Å². The van der Waals surface area contributed by atoms with Crippen LogP contribution < -0.4 is 5.32 Å². The molecule has 5 aliphatic rings. The third kappa shape index (κ3) is 2.06. The highest BCUT2D eigenvalue weighted by atomic mass is 32.2. The fourth-order valence-electron chi connectivity index (χ4n) is 5.56. The third-order valence-corrected chi connectivity index (χ3v) is 7.02. The summed E-state index contributed by atoms with van der Waals surface area (Å²) in [7, 11) is 0. The lowest BCUT2D eigenvalue weighted by atomic mass is 9.49. The third-order valence-electron chi connectivity index (χ3n) is 5.86. The molecule has 1 unspecified atom stereocenters. The van der Waals surface area contributed by atoms with Crippen molar-refractivity contribution >= 4 is 11.8 Å². The predicted molar refractivity (Wildman–Crippen MR) is 74.3 cm³/mol. The summed E-state index contributed by atoms with van der Waals surface area (Å²) >= 11 is 2.14. The predicted octanol–water partition coefficient (Wildman–Crippen LogP) is 3.30. The fourth-order valence-corrected chi connectivity index (χ4v) is 6.75. The molecular formula is C15H25NS. The molecule has 1 atom stereocenters. The molecule has 1 heterocycles. The molecule has 96 valence electrons. The van der Waals surface area contributed by atoms with E-state index in [2.05, 4.69) is 17.1 Å². The molecule has 4 bridgehead atoms. The van der Waals surface area contributed by atoms with Gasteiger partial charge in [-0.2, -0.15) is 11.8 Å². The first-order valence-electron chi connectivity index (χ1n) is 7.62. The Balaban J connectivity index is 1.42. The zero-order valence-corrected chi connectivity index (χ0v) is 11.6. The van der Waals surface area contributed by atoms with Crippen LogP contribution in [0, 0.1) is 23.2 Å². The topological polar surface area (TPSA) is 12.0 Å². The molecule has 0 spiro atoms. The molecule has 5 fully saturated rings. The van der Waals surface area contributed by atoms with E-state index in [1.807, 2.05) is 0 Å². The quantitative estimate of drug-likeness (QED) is 0.826. The zero-order chi connectivity index (χ0) is 11.3. The first-order valence-corrected chi connectivity index (χ1v) is 8.78. The minimum Gasteiger partial charge on any atom is -0.313 e. The van der Waals surface area contributed by atoms with E-state index in [0.29, 0.717) is 0 Å². The van der Waals surface area contributed by atoms with Gasteiger partial charge in [-0.3, -0.25) is 0 Å². The van der Waals surface area contributed by atoms with Gasteiger partial charge in [0.15, 0.2) is 0 Å². The first kappa shape index (κ1) is 11.2. The first-order chi connectivity index (χ1) is 8.31. The average Bonchev–Trinajstić information content (AvgIpc) is 2.77. The second-order valence-corrected chi connectivity index (χ2v) is 8.51. The molecule has 0 radical (unpaired) electrons. The van der Waals surface area contributed by atoms with E-state index >= 15 is 0 Å². The summed E-state index contributed by atoms with van der Waals surface area (Å²) in [5.74, 6) is 6.09. The molecule has 1 N–H and O–H groups in total. The van der Waals surface area contributed by atoms with Crippen LogP contribution in [-0.2, 0) is 0 Å². The minimum atomic E-state index is 0.738. The molecule has 0 aromatic carbocycles. The van der Waals surface area contributed by atoms with Gasteiger partial charge in [0.1, 0.15) is 0 Å². The van der Waals surface area contributed by atoms with Gasteiger partial charge in [-0.05, 0) is 73.9 Å². The molecular weight excluding hydrogens is 226 g/mol. The lowest BCUT2D eigenvalue weighted by Crippen LogP contribution is -2.51. The Morgan fingerprint density at radius 2 is 1.65 bits per heavy atom. The minimum absolute atomic E-state index is 0.738. The maximum absolute atomic E-state index is 3.92. The van der Waals surface area contributed by atoms with Crippen molar-refractivity contribution in [3.05, 3.63) is 0 Å². The maximum Gasteiger partial charge on any atom is 0.0166 e. The van der Waals surface area contributed by atoms with E-state index in [4.69, 9.17) is 0 Å². The number of thioether (sulfide) groups is 1. The molecule has 4 aliphatic carbocycles. The highest BCUT2D eigenvalue weighted by Gasteiger charge is 2.50. The van der Waals surface area contributed by atoms with Gasteiger partial charge >= 0.3 is 0 Å². The molecule has 0 aromatic rings. The standard InChI is InChI=1S/C15H25NS/c1-2-17-9-14(1)16-10-15-6-11-3-12(7-15)5-13(4-11)8-15/h11-14,16H,1-10H2. The molecule has 2 heteroatoms. The monoisotopic (exact) mass is 251 g/mol. The van der Waals surface area contributed by atoms with E-state index in [1.54, 1.807) is 38.5 Å². The molecule has 17 heavy (non-hydrogen) atoms.